The number of nitrogens with one attached hydrogen (secondary N) is 2. The van der Waals surface area contributed by atoms with E-state index in [0.29, 0.717) is 19.6 Å². The van der Waals surface area contributed by atoms with Gasteiger partial charge in [-0.25, -0.2) is 4.79 Å². The number of halogens is 1. The van der Waals surface area contributed by atoms with Crippen molar-refractivity contribution in [1.29, 1.82) is 0 Å². The first-order valence-electron chi connectivity index (χ1n) is 9.52. The second kappa shape index (κ2) is 8.78. The maximum absolute atomic E-state index is 12.9. The third kappa shape index (κ3) is 4.93. The van der Waals surface area contributed by atoms with Crippen LogP contribution in [0, 0.1) is 12.3 Å². The van der Waals surface area contributed by atoms with Crippen LogP contribution < -0.4 is 10.6 Å². The van der Waals surface area contributed by atoms with Crippen LogP contribution in [0.15, 0.2) is 53.0 Å². The van der Waals surface area contributed by atoms with Gasteiger partial charge in [-0.05, 0) is 60.3 Å². The highest BCUT2D eigenvalue weighted by Crippen LogP contribution is 2.31. The Morgan fingerprint density at radius 1 is 1.14 bits per heavy atom. The Labute approximate surface area is 174 Å². The number of likely N-dealkylation sites (tertiary alicyclic amines) is 1. The van der Waals surface area contributed by atoms with E-state index in [2.05, 4.69) is 26.6 Å². The molecule has 1 atom stereocenters. The first-order chi connectivity index (χ1) is 13.4. The number of amides is 3. The maximum atomic E-state index is 12.9. The summed E-state index contributed by atoms with van der Waals surface area (Å²) in [6.07, 6.45) is 1.57. The fourth-order valence-corrected chi connectivity index (χ4v) is 3.84. The number of aryl methyl sites for hydroxylation is 1. The molecule has 0 aromatic heterocycles. The number of carbonyl (C=O) groups excluding carboxylic acids is 2. The molecule has 2 N–H and O–H groups in total. The Morgan fingerprint density at radius 3 is 2.57 bits per heavy atom. The molecule has 1 aliphatic rings. The van der Waals surface area contributed by atoms with Crippen molar-refractivity contribution >= 4 is 33.6 Å². The number of hydrogen-bond acceptors (Lipinski definition) is 2. The summed E-state index contributed by atoms with van der Waals surface area (Å²) in [4.78, 5) is 27.3. The highest BCUT2D eigenvalue weighted by Gasteiger charge is 2.39. The van der Waals surface area contributed by atoms with E-state index in [9.17, 15) is 9.59 Å². The van der Waals surface area contributed by atoms with E-state index in [1.807, 2.05) is 62.4 Å². The minimum absolute atomic E-state index is 0.00790. The van der Waals surface area contributed by atoms with Crippen LogP contribution in [0.5, 0.6) is 0 Å². The van der Waals surface area contributed by atoms with Gasteiger partial charge in [-0.2, -0.15) is 0 Å². The summed E-state index contributed by atoms with van der Waals surface area (Å²) in [5, 5.41) is 5.97. The topological polar surface area (TPSA) is 61.4 Å². The van der Waals surface area contributed by atoms with Gasteiger partial charge in [0.1, 0.15) is 0 Å². The molecule has 1 fully saturated rings. The first-order valence-corrected chi connectivity index (χ1v) is 10.3. The van der Waals surface area contributed by atoms with Crippen molar-refractivity contribution < 1.29 is 9.59 Å². The fourth-order valence-electron chi connectivity index (χ4n) is 3.46. The lowest BCUT2D eigenvalue weighted by molar-refractivity contribution is -0.132. The van der Waals surface area contributed by atoms with Crippen molar-refractivity contribution in [3.63, 3.8) is 0 Å². The average Bonchev–Trinajstić information content (AvgIpc) is 2.69. The van der Waals surface area contributed by atoms with Crippen molar-refractivity contribution in [1.82, 2.24) is 10.2 Å². The van der Waals surface area contributed by atoms with Crippen LogP contribution in [-0.2, 0) is 11.3 Å². The van der Waals surface area contributed by atoms with Gasteiger partial charge in [-0.15, -0.1) is 0 Å². The molecule has 0 unspecified atom stereocenters. The van der Waals surface area contributed by atoms with Gasteiger partial charge in [-0.1, -0.05) is 42.0 Å². The van der Waals surface area contributed by atoms with E-state index in [-0.39, 0.29) is 11.9 Å². The number of rotatable bonds is 4. The zero-order valence-corrected chi connectivity index (χ0v) is 17.9. The summed E-state index contributed by atoms with van der Waals surface area (Å²) < 4.78 is 0.832. The van der Waals surface area contributed by atoms with Crippen molar-refractivity contribution in [2.45, 2.75) is 33.2 Å². The molecule has 1 saturated heterocycles. The number of urea groups is 1. The number of benzene rings is 2. The molecule has 2 aromatic carbocycles. The summed E-state index contributed by atoms with van der Waals surface area (Å²) in [7, 11) is 0. The molecule has 3 rings (SSSR count). The SMILES string of the molecule is Cc1ccc(CNC(=O)[C@]2(C)CCCN(C(=O)Nc3ccccc3Br)C2)cc1. The van der Waals surface area contributed by atoms with E-state index in [4.69, 9.17) is 0 Å². The van der Waals surface area contributed by atoms with E-state index < -0.39 is 5.41 Å². The van der Waals surface area contributed by atoms with Crippen molar-refractivity contribution in [3.8, 4) is 0 Å². The Bertz CT molecular complexity index is 853. The minimum Gasteiger partial charge on any atom is -0.351 e. The normalized spacial score (nSPS) is 19.2. The molecule has 3 amide bonds. The Balaban J connectivity index is 1.60. The van der Waals surface area contributed by atoms with Crippen LogP contribution in [0.1, 0.15) is 30.9 Å². The predicted octanol–water partition coefficient (Wildman–Crippen LogP) is 4.71. The van der Waals surface area contributed by atoms with Gasteiger partial charge in [-0.3, -0.25) is 4.79 Å². The molecule has 6 heteroatoms. The summed E-state index contributed by atoms with van der Waals surface area (Å²) in [5.74, 6) is -0.00790. The summed E-state index contributed by atoms with van der Waals surface area (Å²) >= 11 is 3.44. The van der Waals surface area contributed by atoms with Crippen molar-refractivity contribution in [2.75, 3.05) is 18.4 Å². The maximum Gasteiger partial charge on any atom is 0.321 e. The van der Waals surface area contributed by atoms with Crippen LogP contribution in [0.25, 0.3) is 0 Å². The highest BCUT2D eigenvalue weighted by atomic mass is 79.9. The molecule has 0 saturated carbocycles. The van der Waals surface area contributed by atoms with Crippen LogP contribution >= 0.6 is 15.9 Å². The van der Waals surface area contributed by atoms with E-state index in [1.165, 1.54) is 5.56 Å². The molecule has 28 heavy (non-hydrogen) atoms. The molecule has 2 aromatic rings. The quantitative estimate of drug-likeness (QED) is 0.718. The molecule has 0 bridgehead atoms. The molecular weight excluding hydrogens is 418 g/mol. The van der Waals surface area contributed by atoms with Crippen molar-refractivity contribution in [2.24, 2.45) is 5.41 Å². The Kier molecular flexibility index (Phi) is 6.39. The zero-order chi connectivity index (χ0) is 20.1. The standard InChI is InChI=1S/C22H26BrN3O2/c1-16-8-10-17(11-9-16)14-24-20(27)22(2)12-5-13-26(15-22)21(28)25-19-7-4-3-6-18(19)23/h3-4,6-11H,5,12-15H2,1-2H3,(H,24,27)(H,25,28)/t22-/m1/s1. The monoisotopic (exact) mass is 443 g/mol. The highest BCUT2D eigenvalue weighted by molar-refractivity contribution is 9.10. The van der Waals surface area contributed by atoms with Gasteiger partial charge in [0, 0.05) is 24.1 Å². The lowest BCUT2D eigenvalue weighted by Crippen LogP contribution is -2.52. The lowest BCUT2D eigenvalue weighted by atomic mass is 9.81. The number of para-hydroxylation sites is 1. The van der Waals surface area contributed by atoms with Gasteiger partial charge in [0.15, 0.2) is 0 Å². The third-order valence-corrected chi connectivity index (χ3v) is 5.91. The van der Waals surface area contributed by atoms with E-state index in [0.717, 1.165) is 28.6 Å². The zero-order valence-electron chi connectivity index (χ0n) is 16.3. The number of nitrogens with zero attached hydrogens (tertiary/aromatic N) is 1. The Morgan fingerprint density at radius 2 is 1.86 bits per heavy atom. The molecular formula is C22H26BrN3O2. The molecule has 5 nitrogen and oxygen atoms in total. The van der Waals surface area contributed by atoms with Gasteiger partial charge < -0.3 is 15.5 Å². The predicted molar refractivity (Wildman–Crippen MR) is 115 cm³/mol. The minimum atomic E-state index is -0.589. The second-order valence-corrected chi connectivity index (χ2v) is 8.52. The smallest absolute Gasteiger partial charge is 0.321 e. The second-order valence-electron chi connectivity index (χ2n) is 7.66. The summed E-state index contributed by atoms with van der Waals surface area (Å²) in [5.41, 5.74) is 2.40. The van der Waals surface area contributed by atoms with Gasteiger partial charge >= 0.3 is 6.03 Å². The van der Waals surface area contributed by atoms with Gasteiger partial charge in [0.05, 0.1) is 11.1 Å². The fraction of sp³-hybridized carbons (Fsp3) is 0.364. The van der Waals surface area contributed by atoms with E-state index in [1.54, 1.807) is 4.90 Å². The number of anilines is 1. The molecule has 1 heterocycles. The van der Waals surface area contributed by atoms with Gasteiger partial charge in [0.25, 0.3) is 0 Å². The lowest BCUT2D eigenvalue weighted by Gasteiger charge is -2.39. The number of hydrogen-bond donors (Lipinski definition) is 2. The largest absolute Gasteiger partial charge is 0.351 e. The van der Waals surface area contributed by atoms with Gasteiger partial charge in [0.2, 0.25) is 5.91 Å². The van der Waals surface area contributed by atoms with Crippen LogP contribution in [0.2, 0.25) is 0 Å². The van der Waals surface area contributed by atoms with Crippen LogP contribution in [0.3, 0.4) is 0 Å². The molecule has 0 aliphatic carbocycles. The average molecular weight is 444 g/mol. The van der Waals surface area contributed by atoms with Crippen LogP contribution in [0.4, 0.5) is 10.5 Å². The molecule has 148 valence electrons. The first kappa shape index (κ1) is 20.4. The van der Waals surface area contributed by atoms with E-state index >= 15 is 0 Å². The molecule has 0 spiro atoms. The molecule has 1 aliphatic heterocycles. The number of carbonyl (C=O) groups is 2. The summed E-state index contributed by atoms with van der Waals surface area (Å²) in [6, 6.07) is 15.5. The summed E-state index contributed by atoms with van der Waals surface area (Å²) in [6.45, 7) is 5.53. The Hall–Kier alpha value is -2.34. The molecule has 0 radical (unpaired) electrons. The van der Waals surface area contributed by atoms with Crippen molar-refractivity contribution in [3.05, 3.63) is 64.1 Å². The van der Waals surface area contributed by atoms with Crippen LogP contribution in [-0.4, -0.2) is 29.9 Å². The number of piperidine rings is 1. The third-order valence-electron chi connectivity index (χ3n) is 5.22.